The van der Waals surface area contributed by atoms with Crippen LogP contribution in [0, 0.1) is 0 Å². The quantitative estimate of drug-likeness (QED) is 0.753. The van der Waals surface area contributed by atoms with Crippen LogP contribution in [0.2, 0.25) is 0 Å². The van der Waals surface area contributed by atoms with E-state index in [0.29, 0.717) is 0 Å². The van der Waals surface area contributed by atoms with Crippen molar-refractivity contribution in [1.82, 2.24) is 0 Å². The molecule has 0 heterocycles. The molecule has 1 rings (SSSR count). The van der Waals surface area contributed by atoms with Gasteiger partial charge in [-0.3, -0.25) is 4.79 Å². The second kappa shape index (κ2) is 3.80. The lowest BCUT2D eigenvalue weighted by molar-refractivity contribution is -0.114. The molecule has 3 nitrogen and oxygen atoms in total. The van der Waals surface area contributed by atoms with Crippen LogP contribution in [-0.2, 0) is 10.4 Å². The molecular formula is C11H15NO2. The van der Waals surface area contributed by atoms with Crippen molar-refractivity contribution in [1.29, 1.82) is 0 Å². The molecule has 0 fully saturated rings. The molecule has 0 aliphatic heterocycles. The lowest BCUT2D eigenvalue weighted by Crippen LogP contribution is -2.15. The molecule has 0 saturated heterocycles. The molecule has 1 aromatic carbocycles. The van der Waals surface area contributed by atoms with Crippen molar-refractivity contribution in [3.63, 3.8) is 0 Å². The Kier molecular flexibility index (Phi) is 2.91. The molecule has 1 aromatic rings. The Hall–Kier alpha value is -1.35. The first kappa shape index (κ1) is 10.7. The van der Waals surface area contributed by atoms with E-state index < -0.39 is 5.60 Å². The van der Waals surface area contributed by atoms with Crippen LogP contribution in [0.5, 0.6) is 0 Å². The number of aliphatic hydroxyl groups is 1. The highest BCUT2D eigenvalue weighted by molar-refractivity contribution is 5.88. The number of anilines is 1. The molecule has 2 N–H and O–H groups in total. The minimum atomic E-state index is -0.839. The topological polar surface area (TPSA) is 49.3 Å². The summed E-state index contributed by atoms with van der Waals surface area (Å²) in [6.07, 6.45) is 0. The first-order valence-electron chi connectivity index (χ1n) is 4.50. The average Bonchev–Trinajstić information content (AvgIpc) is 2.02. The minimum absolute atomic E-state index is 0.0963. The van der Waals surface area contributed by atoms with Gasteiger partial charge < -0.3 is 10.4 Å². The normalized spacial score (nSPS) is 11.1. The van der Waals surface area contributed by atoms with Crippen LogP contribution in [0.25, 0.3) is 0 Å². The number of carbonyl (C=O) groups is 1. The number of rotatable bonds is 2. The van der Waals surface area contributed by atoms with E-state index in [0.717, 1.165) is 11.3 Å². The predicted molar refractivity (Wildman–Crippen MR) is 56.0 cm³/mol. The smallest absolute Gasteiger partial charge is 0.221 e. The van der Waals surface area contributed by atoms with Crippen LogP contribution < -0.4 is 5.32 Å². The largest absolute Gasteiger partial charge is 0.386 e. The minimum Gasteiger partial charge on any atom is -0.386 e. The molecular weight excluding hydrogens is 178 g/mol. The highest BCUT2D eigenvalue weighted by Gasteiger charge is 2.14. The summed E-state index contributed by atoms with van der Waals surface area (Å²) in [7, 11) is 0. The summed E-state index contributed by atoms with van der Waals surface area (Å²) < 4.78 is 0. The average molecular weight is 193 g/mol. The Bertz CT molecular complexity index is 322. The van der Waals surface area contributed by atoms with Gasteiger partial charge in [0.1, 0.15) is 0 Å². The third kappa shape index (κ3) is 2.85. The van der Waals surface area contributed by atoms with Crippen molar-refractivity contribution in [2.45, 2.75) is 26.4 Å². The maximum absolute atomic E-state index is 10.7. The van der Waals surface area contributed by atoms with E-state index in [2.05, 4.69) is 5.32 Å². The molecule has 0 aromatic heterocycles. The molecule has 1 amide bonds. The number of nitrogens with one attached hydrogen (secondary N) is 1. The van der Waals surface area contributed by atoms with Gasteiger partial charge in [0.05, 0.1) is 5.60 Å². The van der Waals surface area contributed by atoms with Gasteiger partial charge in [-0.05, 0) is 31.5 Å². The second-order valence-corrected chi connectivity index (χ2v) is 3.82. The molecule has 76 valence electrons. The van der Waals surface area contributed by atoms with Crippen molar-refractivity contribution in [3.8, 4) is 0 Å². The molecule has 0 radical (unpaired) electrons. The Labute approximate surface area is 83.8 Å². The highest BCUT2D eigenvalue weighted by Crippen LogP contribution is 2.21. The Morgan fingerprint density at radius 2 is 1.79 bits per heavy atom. The highest BCUT2D eigenvalue weighted by atomic mass is 16.3. The SMILES string of the molecule is CC(=O)Nc1ccc(C(C)(C)O)cc1. The van der Waals surface area contributed by atoms with Crippen molar-refractivity contribution >= 4 is 11.6 Å². The van der Waals surface area contributed by atoms with Crippen molar-refractivity contribution in [2.24, 2.45) is 0 Å². The van der Waals surface area contributed by atoms with Gasteiger partial charge in [0.25, 0.3) is 0 Å². The van der Waals surface area contributed by atoms with E-state index in [1.165, 1.54) is 6.92 Å². The Balaban J connectivity index is 2.84. The van der Waals surface area contributed by atoms with E-state index in [9.17, 15) is 9.90 Å². The summed E-state index contributed by atoms with van der Waals surface area (Å²) in [5.74, 6) is -0.0963. The van der Waals surface area contributed by atoms with E-state index >= 15 is 0 Å². The summed E-state index contributed by atoms with van der Waals surface area (Å²) in [6.45, 7) is 4.91. The summed E-state index contributed by atoms with van der Waals surface area (Å²) >= 11 is 0. The number of carbonyl (C=O) groups excluding carboxylic acids is 1. The van der Waals surface area contributed by atoms with E-state index in [-0.39, 0.29) is 5.91 Å². The van der Waals surface area contributed by atoms with Gasteiger partial charge in [-0.25, -0.2) is 0 Å². The van der Waals surface area contributed by atoms with Crippen molar-refractivity contribution in [3.05, 3.63) is 29.8 Å². The van der Waals surface area contributed by atoms with Crippen LogP contribution >= 0.6 is 0 Å². The first-order chi connectivity index (χ1) is 6.39. The zero-order valence-corrected chi connectivity index (χ0v) is 8.66. The van der Waals surface area contributed by atoms with Crippen molar-refractivity contribution in [2.75, 3.05) is 5.32 Å². The van der Waals surface area contributed by atoms with Crippen molar-refractivity contribution < 1.29 is 9.90 Å². The van der Waals surface area contributed by atoms with Crippen LogP contribution in [0.4, 0.5) is 5.69 Å². The molecule has 14 heavy (non-hydrogen) atoms. The first-order valence-corrected chi connectivity index (χ1v) is 4.50. The summed E-state index contributed by atoms with van der Waals surface area (Å²) in [5.41, 5.74) is 0.728. The third-order valence-electron chi connectivity index (χ3n) is 1.91. The standard InChI is InChI=1S/C11H15NO2/c1-8(13)12-10-6-4-9(5-7-10)11(2,3)14/h4-7,14H,1-3H3,(H,12,13). The lowest BCUT2D eigenvalue weighted by Gasteiger charge is -2.17. The van der Waals surface area contributed by atoms with E-state index in [1.54, 1.807) is 38.1 Å². The van der Waals surface area contributed by atoms with Crippen LogP contribution in [0.1, 0.15) is 26.3 Å². The Morgan fingerprint density at radius 3 is 2.14 bits per heavy atom. The number of hydrogen-bond donors (Lipinski definition) is 2. The fraction of sp³-hybridized carbons (Fsp3) is 0.364. The number of benzene rings is 1. The van der Waals surface area contributed by atoms with Gasteiger partial charge >= 0.3 is 0 Å². The van der Waals surface area contributed by atoms with Crippen LogP contribution in [0.3, 0.4) is 0 Å². The molecule has 3 heteroatoms. The fourth-order valence-corrected chi connectivity index (χ4v) is 1.16. The molecule has 0 bridgehead atoms. The summed E-state index contributed by atoms with van der Waals surface area (Å²) in [4.78, 5) is 10.7. The molecule has 0 spiro atoms. The monoisotopic (exact) mass is 193 g/mol. The zero-order chi connectivity index (χ0) is 10.8. The predicted octanol–water partition coefficient (Wildman–Crippen LogP) is 1.87. The second-order valence-electron chi connectivity index (χ2n) is 3.82. The molecule has 0 aliphatic rings. The molecule has 0 saturated carbocycles. The molecule has 0 atom stereocenters. The zero-order valence-electron chi connectivity index (χ0n) is 8.66. The third-order valence-corrected chi connectivity index (χ3v) is 1.91. The van der Waals surface area contributed by atoms with Gasteiger partial charge in [0.15, 0.2) is 0 Å². The number of hydrogen-bond acceptors (Lipinski definition) is 2. The van der Waals surface area contributed by atoms with Gasteiger partial charge in [-0.1, -0.05) is 12.1 Å². The molecule has 0 aliphatic carbocycles. The van der Waals surface area contributed by atoms with Gasteiger partial charge in [0, 0.05) is 12.6 Å². The van der Waals surface area contributed by atoms with Gasteiger partial charge in [0.2, 0.25) is 5.91 Å². The molecule has 0 unspecified atom stereocenters. The summed E-state index contributed by atoms with van der Waals surface area (Å²) in [6, 6.07) is 7.14. The maximum Gasteiger partial charge on any atom is 0.221 e. The van der Waals surface area contributed by atoms with E-state index in [1.807, 2.05) is 0 Å². The van der Waals surface area contributed by atoms with Crippen LogP contribution in [-0.4, -0.2) is 11.0 Å². The van der Waals surface area contributed by atoms with Gasteiger partial charge in [-0.15, -0.1) is 0 Å². The fourth-order valence-electron chi connectivity index (χ4n) is 1.16. The summed E-state index contributed by atoms with van der Waals surface area (Å²) in [5, 5.41) is 12.3. The van der Waals surface area contributed by atoms with Gasteiger partial charge in [-0.2, -0.15) is 0 Å². The lowest BCUT2D eigenvalue weighted by atomic mass is 9.98. The number of amides is 1. The van der Waals surface area contributed by atoms with E-state index in [4.69, 9.17) is 0 Å². The van der Waals surface area contributed by atoms with Crippen LogP contribution in [0.15, 0.2) is 24.3 Å². The Morgan fingerprint density at radius 1 is 1.29 bits per heavy atom. The maximum atomic E-state index is 10.7.